The van der Waals surface area contributed by atoms with E-state index in [1.807, 2.05) is 26.2 Å². The molecule has 1 aliphatic heterocycles. The Morgan fingerprint density at radius 3 is 2.74 bits per heavy atom. The van der Waals surface area contributed by atoms with E-state index in [9.17, 15) is 9.90 Å². The fraction of sp³-hybridized carbons (Fsp3) is 0.467. The van der Waals surface area contributed by atoms with Crippen LogP contribution in [0.5, 0.6) is 0 Å². The first-order valence-corrected chi connectivity index (χ1v) is 7.53. The highest BCUT2D eigenvalue weighted by atomic mass is 16.4. The minimum Gasteiger partial charge on any atom is -0.481 e. The predicted octanol–water partition coefficient (Wildman–Crippen LogP) is 1.64. The maximum absolute atomic E-state index is 11.3. The van der Waals surface area contributed by atoms with Gasteiger partial charge in [0.15, 0.2) is 0 Å². The van der Waals surface area contributed by atoms with Crippen molar-refractivity contribution in [2.24, 2.45) is 12.5 Å². The van der Waals surface area contributed by atoms with E-state index in [4.69, 9.17) is 0 Å². The summed E-state index contributed by atoms with van der Waals surface area (Å²) >= 11 is 0. The van der Waals surface area contributed by atoms with E-state index >= 15 is 0 Å². The highest BCUT2D eigenvalue weighted by Crippen LogP contribution is 2.32. The standard InChI is InChI=1S/C15H20N6O2/c1-15(13(22)23)4-7-21(8-5-15)12-3-6-16-14(19-12)18-11-9-17-20(2)10-11/h3,6,9-10H,4-5,7-8H2,1-2H3,(H,22,23)(H,16,18,19). The van der Waals surface area contributed by atoms with E-state index in [2.05, 4.69) is 25.3 Å². The van der Waals surface area contributed by atoms with Gasteiger partial charge in [0, 0.05) is 32.5 Å². The zero-order valence-electron chi connectivity index (χ0n) is 13.2. The minimum atomic E-state index is -0.723. The van der Waals surface area contributed by atoms with Crippen LogP contribution in [0.2, 0.25) is 0 Å². The van der Waals surface area contributed by atoms with Crippen LogP contribution in [0.4, 0.5) is 17.5 Å². The molecule has 0 atom stereocenters. The molecule has 0 aliphatic carbocycles. The molecule has 2 aromatic heterocycles. The molecule has 8 heteroatoms. The van der Waals surface area contributed by atoms with Crippen LogP contribution in [0, 0.1) is 5.41 Å². The van der Waals surface area contributed by atoms with Crippen LogP contribution in [0.25, 0.3) is 0 Å². The summed E-state index contributed by atoms with van der Waals surface area (Å²) in [7, 11) is 1.84. The molecule has 8 nitrogen and oxygen atoms in total. The van der Waals surface area contributed by atoms with Gasteiger partial charge in [-0.25, -0.2) is 4.98 Å². The van der Waals surface area contributed by atoms with E-state index in [-0.39, 0.29) is 0 Å². The quantitative estimate of drug-likeness (QED) is 0.885. The number of nitrogens with zero attached hydrogens (tertiary/aromatic N) is 5. The van der Waals surface area contributed by atoms with Gasteiger partial charge in [-0.15, -0.1) is 0 Å². The summed E-state index contributed by atoms with van der Waals surface area (Å²) in [4.78, 5) is 22.1. The molecule has 0 bridgehead atoms. The second kappa shape index (κ2) is 5.86. The number of carboxylic acids is 1. The van der Waals surface area contributed by atoms with Gasteiger partial charge in [0.05, 0.1) is 17.3 Å². The Kier molecular flexibility index (Phi) is 3.89. The van der Waals surface area contributed by atoms with Crippen LogP contribution >= 0.6 is 0 Å². The number of carboxylic acid groups (broad SMARTS) is 1. The monoisotopic (exact) mass is 316 g/mol. The average molecular weight is 316 g/mol. The van der Waals surface area contributed by atoms with E-state index in [0.717, 1.165) is 11.5 Å². The SMILES string of the molecule is Cn1cc(Nc2nccc(N3CCC(C)(C(=O)O)CC3)n2)cn1. The molecule has 1 saturated heterocycles. The Bertz CT molecular complexity index is 705. The smallest absolute Gasteiger partial charge is 0.309 e. The summed E-state index contributed by atoms with van der Waals surface area (Å²) in [6, 6.07) is 1.85. The fourth-order valence-electron chi connectivity index (χ4n) is 2.64. The zero-order valence-corrected chi connectivity index (χ0v) is 13.2. The Balaban J connectivity index is 1.70. The maximum Gasteiger partial charge on any atom is 0.309 e. The van der Waals surface area contributed by atoms with Gasteiger partial charge in [-0.2, -0.15) is 10.1 Å². The van der Waals surface area contributed by atoms with Gasteiger partial charge in [-0.3, -0.25) is 9.48 Å². The minimum absolute atomic E-state index is 0.502. The topological polar surface area (TPSA) is 96.2 Å². The average Bonchev–Trinajstić information content (AvgIpc) is 2.93. The van der Waals surface area contributed by atoms with E-state index in [1.165, 1.54) is 0 Å². The van der Waals surface area contributed by atoms with Crippen LogP contribution < -0.4 is 10.2 Å². The lowest BCUT2D eigenvalue weighted by atomic mass is 9.80. The van der Waals surface area contributed by atoms with Crippen molar-refractivity contribution in [1.29, 1.82) is 0 Å². The van der Waals surface area contributed by atoms with Gasteiger partial charge in [0.1, 0.15) is 5.82 Å². The van der Waals surface area contributed by atoms with E-state index in [1.54, 1.807) is 17.1 Å². The zero-order chi connectivity index (χ0) is 16.4. The number of hydrogen-bond acceptors (Lipinski definition) is 6. The van der Waals surface area contributed by atoms with Crippen LogP contribution in [-0.2, 0) is 11.8 Å². The van der Waals surface area contributed by atoms with Crippen LogP contribution in [0.3, 0.4) is 0 Å². The molecule has 0 saturated carbocycles. The Morgan fingerprint density at radius 2 is 2.13 bits per heavy atom. The van der Waals surface area contributed by atoms with Crippen molar-refractivity contribution in [2.45, 2.75) is 19.8 Å². The van der Waals surface area contributed by atoms with Crippen molar-refractivity contribution in [3.05, 3.63) is 24.7 Å². The maximum atomic E-state index is 11.3. The lowest BCUT2D eigenvalue weighted by Gasteiger charge is -2.37. The predicted molar refractivity (Wildman–Crippen MR) is 85.7 cm³/mol. The highest BCUT2D eigenvalue weighted by molar-refractivity contribution is 5.74. The normalized spacial score (nSPS) is 17.0. The third-order valence-electron chi connectivity index (χ3n) is 4.31. The second-order valence-corrected chi connectivity index (χ2v) is 6.12. The molecule has 0 amide bonds. The molecular weight excluding hydrogens is 296 g/mol. The van der Waals surface area contributed by atoms with Crippen LogP contribution in [-0.4, -0.2) is 43.9 Å². The summed E-state index contributed by atoms with van der Waals surface area (Å²) < 4.78 is 1.70. The number of aliphatic carboxylic acids is 1. The Morgan fingerprint density at radius 1 is 1.39 bits per heavy atom. The summed E-state index contributed by atoms with van der Waals surface area (Å²) in [6.45, 7) is 3.15. The van der Waals surface area contributed by atoms with Gasteiger partial charge in [0.2, 0.25) is 5.95 Å². The number of carbonyl (C=O) groups is 1. The number of piperidine rings is 1. The number of aryl methyl sites for hydroxylation is 1. The van der Waals surface area contributed by atoms with Crippen molar-refractivity contribution in [3.63, 3.8) is 0 Å². The molecule has 0 radical (unpaired) electrons. The first-order chi connectivity index (χ1) is 11.0. The van der Waals surface area contributed by atoms with Gasteiger partial charge in [-0.05, 0) is 25.8 Å². The van der Waals surface area contributed by atoms with Gasteiger partial charge in [-0.1, -0.05) is 0 Å². The second-order valence-electron chi connectivity index (χ2n) is 6.12. The van der Waals surface area contributed by atoms with Crippen molar-refractivity contribution in [1.82, 2.24) is 19.7 Å². The molecule has 2 N–H and O–H groups in total. The molecule has 23 heavy (non-hydrogen) atoms. The molecule has 0 aromatic carbocycles. The van der Waals surface area contributed by atoms with Gasteiger partial charge in [0.25, 0.3) is 0 Å². The van der Waals surface area contributed by atoms with Crippen molar-refractivity contribution >= 4 is 23.4 Å². The summed E-state index contributed by atoms with van der Waals surface area (Å²) in [5.41, 5.74) is 0.182. The molecule has 0 unspecified atom stereocenters. The number of rotatable bonds is 4. The molecule has 3 heterocycles. The largest absolute Gasteiger partial charge is 0.481 e. The van der Waals surface area contributed by atoms with Gasteiger partial charge < -0.3 is 15.3 Å². The fourth-order valence-corrected chi connectivity index (χ4v) is 2.64. The van der Waals surface area contributed by atoms with Crippen molar-refractivity contribution in [3.8, 4) is 0 Å². The molecular formula is C15H20N6O2. The molecule has 2 aromatic rings. The number of nitrogens with one attached hydrogen (secondary N) is 1. The molecule has 122 valence electrons. The van der Waals surface area contributed by atoms with Crippen molar-refractivity contribution < 1.29 is 9.90 Å². The summed E-state index contributed by atoms with van der Waals surface area (Å²) in [6.07, 6.45) is 6.46. The summed E-state index contributed by atoms with van der Waals surface area (Å²) in [5, 5.41) is 16.5. The molecule has 1 fully saturated rings. The third kappa shape index (κ3) is 3.25. The molecule has 0 spiro atoms. The van der Waals surface area contributed by atoms with Crippen LogP contribution in [0.1, 0.15) is 19.8 Å². The van der Waals surface area contributed by atoms with Crippen LogP contribution in [0.15, 0.2) is 24.7 Å². The molecule has 3 rings (SSSR count). The number of anilines is 3. The lowest BCUT2D eigenvalue weighted by Crippen LogP contribution is -2.43. The highest BCUT2D eigenvalue weighted by Gasteiger charge is 2.37. The first-order valence-electron chi connectivity index (χ1n) is 7.53. The van der Waals surface area contributed by atoms with Crippen molar-refractivity contribution in [2.75, 3.05) is 23.3 Å². The van der Waals surface area contributed by atoms with Gasteiger partial charge >= 0.3 is 5.97 Å². The summed E-state index contributed by atoms with van der Waals surface area (Å²) in [5.74, 6) is 0.583. The number of aromatic nitrogens is 4. The lowest BCUT2D eigenvalue weighted by molar-refractivity contribution is -0.149. The first kappa shape index (κ1) is 15.3. The van der Waals surface area contributed by atoms with E-state index in [0.29, 0.717) is 31.9 Å². The molecule has 1 aliphatic rings. The van der Waals surface area contributed by atoms with E-state index < -0.39 is 11.4 Å². The Labute approximate surface area is 134 Å². The Hall–Kier alpha value is -2.64. The number of hydrogen-bond donors (Lipinski definition) is 2. The third-order valence-corrected chi connectivity index (χ3v) is 4.31.